The summed E-state index contributed by atoms with van der Waals surface area (Å²) in [7, 11) is 0. The SMILES string of the molecule is CCCC1C[C@@H](CNCCO)C[C@H](CNc2nc(NCc3ccccc3Cl)ncc2F)C1. The molecular formula is C24H35ClFN5O. The molecule has 0 amide bonds. The molecule has 1 aromatic carbocycles. The van der Waals surface area contributed by atoms with Gasteiger partial charge < -0.3 is 21.1 Å². The van der Waals surface area contributed by atoms with Crippen molar-refractivity contribution in [3.63, 3.8) is 0 Å². The number of hydrogen-bond acceptors (Lipinski definition) is 6. The van der Waals surface area contributed by atoms with Gasteiger partial charge in [-0.3, -0.25) is 0 Å². The summed E-state index contributed by atoms with van der Waals surface area (Å²) in [6.07, 6.45) is 7.08. The topological polar surface area (TPSA) is 82.1 Å². The van der Waals surface area contributed by atoms with E-state index in [4.69, 9.17) is 16.7 Å². The number of nitrogens with zero attached hydrogens (tertiary/aromatic N) is 2. The van der Waals surface area contributed by atoms with Crippen LogP contribution in [-0.4, -0.2) is 41.3 Å². The number of nitrogens with one attached hydrogen (secondary N) is 3. The van der Waals surface area contributed by atoms with Gasteiger partial charge in [-0.15, -0.1) is 0 Å². The average Bonchev–Trinajstić information content (AvgIpc) is 2.79. The second kappa shape index (κ2) is 12.9. The molecule has 1 aliphatic rings. The van der Waals surface area contributed by atoms with E-state index < -0.39 is 5.82 Å². The minimum Gasteiger partial charge on any atom is -0.395 e. The maximum Gasteiger partial charge on any atom is 0.225 e. The van der Waals surface area contributed by atoms with Crippen LogP contribution in [0.4, 0.5) is 16.2 Å². The molecule has 0 saturated heterocycles. The van der Waals surface area contributed by atoms with Gasteiger partial charge in [0, 0.05) is 24.7 Å². The maximum atomic E-state index is 14.4. The van der Waals surface area contributed by atoms with Crippen LogP contribution in [0.25, 0.3) is 0 Å². The average molecular weight is 464 g/mol. The molecule has 8 heteroatoms. The van der Waals surface area contributed by atoms with Gasteiger partial charge in [-0.2, -0.15) is 4.98 Å². The zero-order valence-electron chi connectivity index (χ0n) is 18.8. The molecule has 6 nitrogen and oxygen atoms in total. The molecule has 4 N–H and O–H groups in total. The van der Waals surface area contributed by atoms with Gasteiger partial charge in [-0.05, 0) is 55.2 Å². The Balaban J connectivity index is 1.57. The molecule has 0 bridgehead atoms. The van der Waals surface area contributed by atoms with E-state index in [9.17, 15) is 4.39 Å². The largest absolute Gasteiger partial charge is 0.395 e. The predicted octanol–water partition coefficient (Wildman–Crippen LogP) is 4.71. The summed E-state index contributed by atoms with van der Waals surface area (Å²) >= 11 is 6.20. The first-order valence-corrected chi connectivity index (χ1v) is 12.0. The van der Waals surface area contributed by atoms with Crippen molar-refractivity contribution in [3.05, 3.63) is 46.9 Å². The van der Waals surface area contributed by atoms with E-state index in [0.717, 1.165) is 24.9 Å². The number of anilines is 2. The minimum atomic E-state index is -0.449. The van der Waals surface area contributed by atoms with E-state index in [1.165, 1.54) is 25.5 Å². The van der Waals surface area contributed by atoms with Crippen molar-refractivity contribution in [1.82, 2.24) is 15.3 Å². The Morgan fingerprint density at radius 3 is 2.59 bits per heavy atom. The predicted molar refractivity (Wildman–Crippen MR) is 128 cm³/mol. The van der Waals surface area contributed by atoms with Crippen LogP contribution < -0.4 is 16.0 Å². The highest BCUT2D eigenvalue weighted by atomic mass is 35.5. The third kappa shape index (κ3) is 7.57. The van der Waals surface area contributed by atoms with Crippen LogP contribution >= 0.6 is 11.6 Å². The molecule has 1 unspecified atom stereocenters. The Hall–Kier alpha value is -1.96. The monoisotopic (exact) mass is 463 g/mol. The normalized spacial score (nSPS) is 20.8. The highest BCUT2D eigenvalue weighted by Crippen LogP contribution is 2.35. The van der Waals surface area contributed by atoms with Gasteiger partial charge in [0.05, 0.1) is 12.8 Å². The number of rotatable bonds is 12. The van der Waals surface area contributed by atoms with E-state index in [2.05, 4.69) is 32.8 Å². The Morgan fingerprint density at radius 1 is 1.09 bits per heavy atom. The molecule has 0 radical (unpaired) electrons. The van der Waals surface area contributed by atoms with Gasteiger partial charge in [-0.1, -0.05) is 49.6 Å². The number of halogens is 2. The Morgan fingerprint density at radius 2 is 1.84 bits per heavy atom. The molecule has 3 atom stereocenters. The fourth-order valence-corrected chi connectivity index (χ4v) is 4.90. The quantitative estimate of drug-likeness (QED) is 0.341. The van der Waals surface area contributed by atoms with Crippen LogP contribution in [0.15, 0.2) is 30.5 Å². The van der Waals surface area contributed by atoms with Crippen molar-refractivity contribution in [2.24, 2.45) is 17.8 Å². The summed E-state index contributed by atoms with van der Waals surface area (Å²) < 4.78 is 14.4. The standard InChI is InChI=1S/C24H35ClFN5O/c1-2-5-17-10-18(13-27-8-9-32)12-19(11-17)14-28-23-22(26)16-30-24(31-23)29-15-20-6-3-4-7-21(20)25/h3-4,6-7,16-19,27,32H,2,5,8-15H2,1H3,(H2,28,29,30,31)/t17?,18-,19-/m1/s1. The van der Waals surface area contributed by atoms with Gasteiger partial charge in [-0.25, -0.2) is 9.37 Å². The lowest BCUT2D eigenvalue weighted by Crippen LogP contribution is -2.34. The summed E-state index contributed by atoms with van der Waals surface area (Å²) in [5.74, 6) is 1.90. The van der Waals surface area contributed by atoms with Crippen molar-refractivity contribution in [2.75, 3.05) is 36.9 Å². The molecule has 3 rings (SSSR count). The number of aliphatic hydroxyl groups is 1. The number of benzene rings is 1. The summed E-state index contributed by atoms with van der Waals surface area (Å²) in [6, 6.07) is 7.56. The van der Waals surface area contributed by atoms with Crippen molar-refractivity contribution < 1.29 is 9.50 Å². The molecule has 1 fully saturated rings. The van der Waals surface area contributed by atoms with Crippen LogP contribution in [0.1, 0.15) is 44.6 Å². The second-order valence-electron chi connectivity index (χ2n) is 8.74. The smallest absolute Gasteiger partial charge is 0.225 e. The van der Waals surface area contributed by atoms with Gasteiger partial charge in [0.1, 0.15) is 0 Å². The van der Waals surface area contributed by atoms with Crippen molar-refractivity contribution >= 4 is 23.4 Å². The highest BCUT2D eigenvalue weighted by molar-refractivity contribution is 6.31. The molecule has 2 aromatic rings. The van der Waals surface area contributed by atoms with Gasteiger partial charge in [0.2, 0.25) is 5.95 Å². The summed E-state index contributed by atoms with van der Waals surface area (Å²) in [6.45, 7) is 5.11. The molecule has 0 spiro atoms. The van der Waals surface area contributed by atoms with E-state index in [0.29, 0.717) is 48.4 Å². The van der Waals surface area contributed by atoms with Crippen LogP contribution in [0, 0.1) is 23.6 Å². The zero-order chi connectivity index (χ0) is 22.8. The van der Waals surface area contributed by atoms with Gasteiger partial charge in [0.25, 0.3) is 0 Å². The Kier molecular flexibility index (Phi) is 9.96. The third-order valence-electron chi connectivity index (χ3n) is 6.12. The molecule has 0 aliphatic heterocycles. The lowest BCUT2D eigenvalue weighted by molar-refractivity contribution is 0.186. The van der Waals surface area contributed by atoms with Gasteiger partial charge in [0.15, 0.2) is 11.6 Å². The van der Waals surface area contributed by atoms with Gasteiger partial charge >= 0.3 is 0 Å². The fourth-order valence-electron chi connectivity index (χ4n) is 4.70. The first-order valence-electron chi connectivity index (χ1n) is 11.6. The number of aliphatic hydroxyl groups excluding tert-OH is 1. The fraction of sp³-hybridized carbons (Fsp3) is 0.583. The first-order chi connectivity index (χ1) is 15.6. The summed E-state index contributed by atoms with van der Waals surface area (Å²) in [5, 5.41) is 19.4. The lowest BCUT2D eigenvalue weighted by Gasteiger charge is -2.35. The van der Waals surface area contributed by atoms with Crippen molar-refractivity contribution in [1.29, 1.82) is 0 Å². The Labute approximate surface area is 195 Å². The molecule has 1 heterocycles. The lowest BCUT2D eigenvalue weighted by atomic mass is 9.73. The molecule has 176 valence electrons. The van der Waals surface area contributed by atoms with Crippen molar-refractivity contribution in [2.45, 2.75) is 45.6 Å². The number of aromatic nitrogens is 2. The third-order valence-corrected chi connectivity index (χ3v) is 6.48. The van der Waals surface area contributed by atoms with Crippen molar-refractivity contribution in [3.8, 4) is 0 Å². The van der Waals surface area contributed by atoms with E-state index in [1.54, 1.807) is 0 Å². The highest BCUT2D eigenvalue weighted by Gasteiger charge is 2.28. The first kappa shape index (κ1) is 24.7. The molecule has 1 aromatic heterocycles. The second-order valence-corrected chi connectivity index (χ2v) is 9.14. The zero-order valence-corrected chi connectivity index (χ0v) is 19.5. The van der Waals surface area contributed by atoms with Crippen LogP contribution in [0.5, 0.6) is 0 Å². The molecule has 1 saturated carbocycles. The summed E-state index contributed by atoms with van der Waals surface area (Å²) in [4.78, 5) is 8.40. The van der Waals surface area contributed by atoms with Crippen LogP contribution in [-0.2, 0) is 6.54 Å². The maximum absolute atomic E-state index is 14.4. The van der Waals surface area contributed by atoms with E-state index in [-0.39, 0.29) is 12.4 Å². The Bertz CT molecular complexity index is 840. The van der Waals surface area contributed by atoms with E-state index >= 15 is 0 Å². The number of hydrogen-bond donors (Lipinski definition) is 4. The summed E-state index contributed by atoms with van der Waals surface area (Å²) in [5.41, 5.74) is 0.932. The molecule has 32 heavy (non-hydrogen) atoms. The molecule has 1 aliphatic carbocycles. The minimum absolute atomic E-state index is 0.163. The van der Waals surface area contributed by atoms with Crippen LogP contribution in [0.3, 0.4) is 0 Å². The van der Waals surface area contributed by atoms with Crippen LogP contribution in [0.2, 0.25) is 5.02 Å². The molecular weight excluding hydrogens is 429 g/mol. The van der Waals surface area contributed by atoms with E-state index in [1.807, 2.05) is 24.3 Å².